The number of halogens is 2. The standard InChI is InChI=1S/C28H38F2N6O3/c1-6-7-8-23(18(2)13-24(37)39-28(3,4)5)34-26-21(29)14-19(16-31)25(35-26)33-20-15-22(30)27(32-17-20)36-9-11-38-12-10-36/h14-15,17-18,23H,6-13H2,1-5H3,(H2,33,34,35)/t18-,23-/m1/s1. The van der Waals surface area contributed by atoms with Gasteiger partial charge in [0.15, 0.2) is 29.1 Å². The number of anilines is 4. The summed E-state index contributed by atoms with van der Waals surface area (Å²) in [6.45, 7) is 11.5. The molecule has 9 nitrogen and oxygen atoms in total. The van der Waals surface area contributed by atoms with Crippen LogP contribution >= 0.6 is 0 Å². The molecule has 212 valence electrons. The number of nitrogens with one attached hydrogen (secondary N) is 2. The molecule has 3 rings (SSSR count). The normalized spacial score (nSPS) is 15.3. The van der Waals surface area contributed by atoms with Crippen molar-refractivity contribution in [3.8, 4) is 6.07 Å². The molecule has 2 N–H and O–H groups in total. The SMILES string of the molecule is CCCC[C@@H](Nc1nc(Nc2cnc(N3CCOCC3)c(F)c2)c(C#N)cc1F)[C@H](C)CC(=O)OC(C)(C)C. The monoisotopic (exact) mass is 544 g/mol. The Balaban J connectivity index is 1.81. The second kappa shape index (κ2) is 13.5. The van der Waals surface area contributed by atoms with E-state index in [0.29, 0.717) is 32.7 Å². The number of nitriles is 1. The maximum Gasteiger partial charge on any atom is 0.306 e. The third-order valence-electron chi connectivity index (χ3n) is 6.28. The topological polar surface area (TPSA) is 112 Å². The molecule has 0 radical (unpaired) electrons. The zero-order valence-corrected chi connectivity index (χ0v) is 23.3. The highest BCUT2D eigenvalue weighted by atomic mass is 19.1. The first-order chi connectivity index (χ1) is 18.5. The summed E-state index contributed by atoms with van der Waals surface area (Å²) in [5.74, 6) is -1.51. The van der Waals surface area contributed by atoms with Gasteiger partial charge in [0.1, 0.15) is 11.7 Å². The highest BCUT2D eigenvalue weighted by Crippen LogP contribution is 2.28. The van der Waals surface area contributed by atoms with Gasteiger partial charge < -0.3 is 25.0 Å². The highest BCUT2D eigenvalue weighted by molar-refractivity contribution is 5.70. The summed E-state index contributed by atoms with van der Waals surface area (Å²) >= 11 is 0. The van der Waals surface area contributed by atoms with Crippen molar-refractivity contribution >= 4 is 29.1 Å². The van der Waals surface area contributed by atoms with Gasteiger partial charge in [-0.25, -0.2) is 18.7 Å². The summed E-state index contributed by atoms with van der Waals surface area (Å²) in [6.07, 6.45) is 4.07. The first-order valence-electron chi connectivity index (χ1n) is 13.3. The van der Waals surface area contributed by atoms with E-state index in [1.165, 1.54) is 12.3 Å². The largest absolute Gasteiger partial charge is 0.460 e. The minimum Gasteiger partial charge on any atom is -0.460 e. The fourth-order valence-electron chi connectivity index (χ4n) is 4.30. The summed E-state index contributed by atoms with van der Waals surface area (Å²) in [5.41, 5.74) is -0.367. The van der Waals surface area contributed by atoms with E-state index in [0.717, 1.165) is 18.9 Å². The van der Waals surface area contributed by atoms with E-state index >= 15 is 4.39 Å². The van der Waals surface area contributed by atoms with Crippen LogP contribution < -0.4 is 15.5 Å². The number of esters is 1. The molecule has 0 spiro atoms. The maximum atomic E-state index is 15.0. The number of carbonyl (C=O) groups is 1. The van der Waals surface area contributed by atoms with Crippen molar-refractivity contribution in [3.63, 3.8) is 0 Å². The van der Waals surface area contributed by atoms with E-state index in [2.05, 4.69) is 27.5 Å². The predicted octanol–water partition coefficient (Wildman–Crippen LogP) is 5.55. The molecule has 1 aliphatic heterocycles. The van der Waals surface area contributed by atoms with E-state index in [-0.39, 0.29) is 53.1 Å². The van der Waals surface area contributed by atoms with E-state index in [1.54, 1.807) is 4.90 Å². The van der Waals surface area contributed by atoms with Gasteiger partial charge in [-0.3, -0.25) is 4.79 Å². The molecular weight excluding hydrogens is 506 g/mol. The minimum absolute atomic E-state index is 0.0392. The Kier molecular flexibility index (Phi) is 10.4. The van der Waals surface area contributed by atoms with Crippen LogP contribution in [0.1, 0.15) is 65.9 Å². The third-order valence-corrected chi connectivity index (χ3v) is 6.28. The number of rotatable bonds is 11. The number of hydrogen-bond acceptors (Lipinski definition) is 9. The quantitative estimate of drug-likeness (QED) is 0.352. The molecule has 39 heavy (non-hydrogen) atoms. The van der Waals surface area contributed by atoms with E-state index in [9.17, 15) is 14.4 Å². The third kappa shape index (κ3) is 8.75. The van der Waals surface area contributed by atoms with Crippen LogP contribution in [0.15, 0.2) is 18.3 Å². The second-order valence-corrected chi connectivity index (χ2v) is 10.7. The van der Waals surface area contributed by atoms with Crippen molar-refractivity contribution in [2.45, 2.75) is 71.9 Å². The number of morpholine rings is 1. The molecule has 2 aromatic heterocycles. The van der Waals surface area contributed by atoms with Crippen molar-refractivity contribution in [3.05, 3.63) is 35.5 Å². The molecule has 0 bridgehead atoms. The molecule has 0 saturated carbocycles. The lowest BCUT2D eigenvalue weighted by molar-refractivity contribution is -0.155. The molecule has 0 unspecified atom stereocenters. The van der Waals surface area contributed by atoms with E-state index < -0.39 is 17.2 Å². The minimum atomic E-state index is -0.699. The van der Waals surface area contributed by atoms with Gasteiger partial charge in [0, 0.05) is 25.2 Å². The molecule has 2 atom stereocenters. The molecule has 3 heterocycles. The summed E-state index contributed by atoms with van der Waals surface area (Å²) in [6, 6.07) is 4.01. The molecule has 1 aliphatic rings. The van der Waals surface area contributed by atoms with Gasteiger partial charge in [-0.1, -0.05) is 26.7 Å². The van der Waals surface area contributed by atoms with Crippen LogP contribution in [0.25, 0.3) is 0 Å². The first-order valence-corrected chi connectivity index (χ1v) is 13.3. The molecule has 1 fully saturated rings. The van der Waals surface area contributed by atoms with Crippen LogP contribution in [-0.2, 0) is 14.3 Å². The van der Waals surface area contributed by atoms with Crippen LogP contribution in [-0.4, -0.2) is 53.9 Å². The summed E-state index contributed by atoms with van der Waals surface area (Å²) < 4.78 is 40.7. The summed E-state index contributed by atoms with van der Waals surface area (Å²) in [5, 5.41) is 15.6. The molecule has 2 aromatic rings. The average molecular weight is 545 g/mol. The number of hydrogen-bond donors (Lipinski definition) is 2. The zero-order chi connectivity index (χ0) is 28.6. The van der Waals surface area contributed by atoms with Crippen molar-refractivity contribution in [2.24, 2.45) is 5.92 Å². The number of pyridine rings is 2. The summed E-state index contributed by atoms with van der Waals surface area (Å²) in [4.78, 5) is 22.8. The van der Waals surface area contributed by atoms with Crippen LogP contribution in [0.4, 0.5) is 31.9 Å². The van der Waals surface area contributed by atoms with Gasteiger partial charge in [-0.05, 0) is 39.2 Å². The van der Waals surface area contributed by atoms with Gasteiger partial charge in [-0.15, -0.1) is 0 Å². The van der Waals surface area contributed by atoms with Gasteiger partial charge in [0.25, 0.3) is 0 Å². The van der Waals surface area contributed by atoms with Gasteiger partial charge in [0.2, 0.25) is 0 Å². The second-order valence-electron chi connectivity index (χ2n) is 10.7. The number of unbranched alkanes of at least 4 members (excludes halogenated alkanes) is 1. The molecule has 1 saturated heterocycles. The van der Waals surface area contributed by atoms with Gasteiger partial charge in [-0.2, -0.15) is 5.26 Å². The Morgan fingerprint density at radius 3 is 2.56 bits per heavy atom. The predicted molar refractivity (Wildman–Crippen MR) is 146 cm³/mol. The van der Waals surface area contributed by atoms with Gasteiger partial charge in [0.05, 0.1) is 37.1 Å². The number of ether oxygens (including phenoxy) is 2. The number of carbonyl (C=O) groups excluding carboxylic acids is 1. The Bertz CT molecular complexity index is 1180. The molecule has 11 heteroatoms. The van der Waals surface area contributed by atoms with Crippen molar-refractivity contribution in [2.75, 3.05) is 41.8 Å². The van der Waals surface area contributed by atoms with Crippen LogP contribution in [0.5, 0.6) is 0 Å². The smallest absolute Gasteiger partial charge is 0.306 e. The Labute approximate surface area is 228 Å². The first kappa shape index (κ1) is 30.0. The van der Waals surface area contributed by atoms with E-state index in [4.69, 9.17) is 9.47 Å². The van der Waals surface area contributed by atoms with Crippen LogP contribution in [0.2, 0.25) is 0 Å². The van der Waals surface area contributed by atoms with Gasteiger partial charge >= 0.3 is 5.97 Å². The zero-order valence-electron chi connectivity index (χ0n) is 23.3. The number of nitrogens with zero attached hydrogens (tertiary/aromatic N) is 4. The fraction of sp³-hybridized carbons (Fsp3) is 0.571. The van der Waals surface area contributed by atoms with E-state index in [1.807, 2.05) is 33.8 Å². The molecule has 0 aliphatic carbocycles. The molecular formula is C28H38F2N6O3. The van der Waals surface area contributed by atoms with Crippen molar-refractivity contribution in [1.29, 1.82) is 5.26 Å². The molecule has 0 aromatic carbocycles. The lowest BCUT2D eigenvalue weighted by Crippen LogP contribution is -2.37. The highest BCUT2D eigenvalue weighted by Gasteiger charge is 2.25. The fourth-order valence-corrected chi connectivity index (χ4v) is 4.30. The Morgan fingerprint density at radius 2 is 1.95 bits per heavy atom. The Hall–Kier alpha value is -3.52. The van der Waals surface area contributed by atoms with Crippen molar-refractivity contribution in [1.82, 2.24) is 9.97 Å². The molecule has 0 amide bonds. The van der Waals surface area contributed by atoms with Crippen molar-refractivity contribution < 1.29 is 23.0 Å². The summed E-state index contributed by atoms with van der Waals surface area (Å²) in [7, 11) is 0. The number of aromatic nitrogens is 2. The lowest BCUT2D eigenvalue weighted by atomic mass is 9.93. The maximum absolute atomic E-state index is 15.0. The van der Waals surface area contributed by atoms with Crippen LogP contribution in [0.3, 0.4) is 0 Å². The Morgan fingerprint density at radius 1 is 1.23 bits per heavy atom. The lowest BCUT2D eigenvalue weighted by Gasteiger charge is -2.28. The van der Waals surface area contributed by atoms with Crippen LogP contribution in [0, 0.1) is 28.9 Å². The average Bonchev–Trinajstić information content (AvgIpc) is 2.87.